The third-order valence-electron chi connectivity index (χ3n) is 19.4. The Morgan fingerprint density at radius 3 is 0.964 bits per heavy atom. The molecule has 0 aliphatic carbocycles. The Labute approximate surface area is 670 Å². The Bertz CT molecular complexity index is 3400. The zero-order valence-corrected chi connectivity index (χ0v) is 67.3. The van der Waals surface area contributed by atoms with Gasteiger partial charge in [-0.2, -0.15) is 0 Å². The summed E-state index contributed by atoms with van der Waals surface area (Å²) >= 11 is 0. The first-order chi connectivity index (χ1) is 50.5. The lowest BCUT2D eigenvalue weighted by molar-refractivity contribution is -0.143. The van der Waals surface area contributed by atoms with E-state index >= 15 is 28.8 Å². The van der Waals surface area contributed by atoms with E-state index in [0.717, 1.165) is 11.1 Å². The van der Waals surface area contributed by atoms with E-state index < -0.39 is 167 Å². The van der Waals surface area contributed by atoms with Crippen molar-refractivity contribution >= 4 is 121 Å². The van der Waals surface area contributed by atoms with Crippen molar-refractivity contribution in [2.24, 2.45) is 46.6 Å². The van der Waals surface area contributed by atoms with Crippen molar-refractivity contribution in [3.63, 3.8) is 0 Å². The summed E-state index contributed by atoms with van der Waals surface area (Å²) in [5, 5.41) is 28.7. The number of rotatable bonds is 24. The lowest BCUT2D eigenvalue weighted by Gasteiger charge is -2.33. The fourth-order valence-electron chi connectivity index (χ4n) is 13.7. The van der Waals surface area contributed by atoms with Crippen LogP contribution in [0.25, 0.3) is 0 Å². The first kappa shape index (κ1) is 95.7. The number of hydrogen-bond acceptors (Lipinski definition) is 16. The highest BCUT2D eigenvalue weighted by atomic mass is 35.5. The highest BCUT2D eigenvalue weighted by molar-refractivity contribution is 6.00. The van der Waals surface area contributed by atoms with Crippen molar-refractivity contribution in [2.45, 2.75) is 217 Å². The minimum atomic E-state index is -1.44. The van der Waals surface area contributed by atoms with Gasteiger partial charge in [0.05, 0.1) is 12.1 Å². The molecule has 14 atom stereocenters. The van der Waals surface area contributed by atoms with E-state index in [2.05, 4.69) is 53.2 Å². The van der Waals surface area contributed by atoms with Crippen LogP contribution in [-0.4, -0.2) is 191 Å². The number of carbonyl (C=O) groups is 12. The molecule has 7 rings (SSSR count). The van der Waals surface area contributed by atoms with Crippen molar-refractivity contribution in [2.75, 3.05) is 26.2 Å². The van der Waals surface area contributed by atoms with Crippen LogP contribution in [-0.2, 0) is 83.2 Å². The van der Waals surface area contributed by atoms with Gasteiger partial charge in [0, 0.05) is 38.0 Å². The van der Waals surface area contributed by atoms with Crippen LogP contribution >= 0.6 is 49.6 Å². The average Bonchev–Trinajstić information content (AvgIpc) is 1.66. The van der Waals surface area contributed by atoms with Gasteiger partial charge in [0.15, 0.2) is 0 Å². The van der Waals surface area contributed by atoms with Gasteiger partial charge in [-0.1, -0.05) is 177 Å². The Morgan fingerprint density at radius 1 is 0.391 bits per heavy atom. The molecule has 3 fully saturated rings. The van der Waals surface area contributed by atoms with Gasteiger partial charge < -0.3 is 85.9 Å². The lowest BCUT2D eigenvalue weighted by Crippen LogP contribution is -2.62. The zero-order chi connectivity index (χ0) is 77.3. The number of nitrogens with two attached hydrogens (primary N) is 4. The predicted molar refractivity (Wildman–Crippen MR) is 430 cm³/mol. The number of amides is 12. The highest BCUT2D eigenvalue weighted by Crippen LogP contribution is 2.26. The molecule has 3 aliphatic heterocycles. The Morgan fingerprint density at radius 2 is 0.673 bits per heavy atom. The number of nitrogens with one attached hydrogen (secondary N) is 10. The summed E-state index contributed by atoms with van der Waals surface area (Å²) in [6.07, 6.45) is 0.119. The van der Waals surface area contributed by atoms with Gasteiger partial charge >= 0.3 is 0 Å². The third kappa shape index (κ3) is 28.7. The topological polar surface area (TPSA) is 436 Å². The van der Waals surface area contributed by atoms with E-state index in [0.29, 0.717) is 11.1 Å². The molecule has 3 aliphatic rings. The van der Waals surface area contributed by atoms with Gasteiger partial charge in [-0.15, -0.1) is 49.6 Å². The molecule has 0 spiro atoms. The van der Waals surface area contributed by atoms with Crippen molar-refractivity contribution in [1.82, 2.24) is 63.0 Å². The van der Waals surface area contributed by atoms with Crippen molar-refractivity contribution in [1.29, 1.82) is 0 Å². The van der Waals surface area contributed by atoms with Crippen molar-refractivity contribution < 1.29 is 57.5 Å². The van der Waals surface area contributed by atoms with Gasteiger partial charge in [-0.3, -0.25) is 57.5 Å². The molecule has 0 bridgehead atoms. The molecule has 28 nitrogen and oxygen atoms in total. The molecule has 0 aromatic heterocycles. The average molecular weight is 1610 g/mol. The molecule has 32 heteroatoms. The Hall–Kier alpha value is -8.48. The van der Waals surface area contributed by atoms with Crippen LogP contribution in [0.5, 0.6) is 0 Å². The fourth-order valence-corrected chi connectivity index (χ4v) is 13.7. The molecule has 12 amide bonds. The second-order valence-electron chi connectivity index (χ2n) is 29.8. The summed E-state index contributed by atoms with van der Waals surface area (Å²) in [7, 11) is 0. The minimum absolute atomic E-state index is 0. The second-order valence-corrected chi connectivity index (χ2v) is 29.8. The van der Waals surface area contributed by atoms with Crippen LogP contribution in [0.2, 0.25) is 0 Å². The van der Waals surface area contributed by atoms with Gasteiger partial charge in [0.1, 0.15) is 60.4 Å². The molecule has 18 N–H and O–H groups in total. The van der Waals surface area contributed by atoms with E-state index in [4.69, 9.17) is 22.9 Å². The number of halogens is 4. The van der Waals surface area contributed by atoms with Crippen LogP contribution < -0.4 is 76.1 Å². The maximum atomic E-state index is 15.7. The summed E-state index contributed by atoms with van der Waals surface area (Å²) in [4.78, 5) is 182. The minimum Gasteiger partial charge on any atom is -0.350 e. The van der Waals surface area contributed by atoms with E-state index in [-0.39, 0.29) is 165 Å². The summed E-state index contributed by atoms with van der Waals surface area (Å²) in [5.74, 6) is -10.9. The highest BCUT2D eigenvalue weighted by Gasteiger charge is 2.47. The predicted octanol–water partition coefficient (Wildman–Crippen LogP) is 2.24. The molecular formula is C78H116Cl4N16O12. The van der Waals surface area contributed by atoms with E-state index in [1.165, 1.54) is 9.80 Å². The van der Waals surface area contributed by atoms with Gasteiger partial charge in [-0.05, 0) is 123 Å². The maximum absolute atomic E-state index is 15.7. The SMILES string of the molecule is CC(C)C[C@@H]1NC(=O)[C@H](CCCN)NC(=O)[C@H](C(C)C)NC(=O)[C@@H]2C[C@H](NC(=O)[C@H](N)Cc3ccccc3)CN2C(=O)[C@@H](Cc2ccccc2)NC(=O)[C@H](CC(C)C)NC(=O)[C@H](CCCN)NC(=O)[C@H](C(C)C)NC(=O)[C@@H]2C[C@H](NC(=O)[C@H](N)Cc3ccccc3)CN2C(=O)[C@@H](Cc2ccccc2)NC1=O.Cl.Cl.Cl.Cl. The molecular weight excluding hydrogens is 1490 g/mol. The molecule has 0 unspecified atom stereocenters. The van der Waals surface area contributed by atoms with E-state index in [9.17, 15) is 28.8 Å². The molecule has 3 saturated heterocycles. The monoisotopic (exact) mass is 1610 g/mol. The van der Waals surface area contributed by atoms with E-state index in [1.54, 1.807) is 88.4 Å². The number of hydrogen-bond donors (Lipinski definition) is 14. The molecule has 0 radical (unpaired) electrons. The van der Waals surface area contributed by atoms with Gasteiger partial charge in [-0.25, -0.2) is 0 Å². The van der Waals surface area contributed by atoms with Crippen molar-refractivity contribution in [3.05, 3.63) is 144 Å². The Kier molecular flexibility index (Phi) is 40.9. The molecule has 4 aromatic carbocycles. The standard InChI is InChI=1S/C78H112N16O12.4ClH/c1-45(2)35-59-71(99)89-61(39-51-27-17-11-18-28-51)77(105)93-43-53(83-67(95)55(81)37-49-23-13-9-14-24-49)41-63(93)73(101)92-66(48(7)8)76(104)86-58(32-22-34-80)70(98)88-60(36-46(3)4)72(100)90-62(40-52-29-19-12-20-30-52)78(106)94-44-54(84-68(96)56(82)38-50-25-15-10-16-26-50)42-64(94)74(102)91-65(47(5)6)75(103)85-57(31-21-33-79)69(97)87-59;;;;/h9-20,23-30,45-48,53-66H,21-22,31-44,79-82H2,1-8H3,(H,83,95)(H,84,96)(H,85,103)(H,86,104)(H,87,97)(H,88,98)(H,89,99)(H,90,100)(H,91,102)(H,92,101);4*1H/t53-,54-,55+,56+,57-,58-,59-,60-,61+,62+,63-,64-,65-,66-;;;;/m0..../s1. The molecule has 3 heterocycles. The van der Waals surface area contributed by atoms with Crippen LogP contribution in [0.3, 0.4) is 0 Å². The first-order valence-corrected chi connectivity index (χ1v) is 37.3. The second kappa shape index (κ2) is 47.0. The van der Waals surface area contributed by atoms with Crippen molar-refractivity contribution in [3.8, 4) is 0 Å². The van der Waals surface area contributed by atoms with Gasteiger partial charge in [0.25, 0.3) is 0 Å². The molecule has 110 heavy (non-hydrogen) atoms. The number of nitrogens with zero attached hydrogens (tertiary/aromatic N) is 2. The van der Waals surface area contributed by atoms with Crippen LogP contribution in [0.4, 0.5) is 0 Å². The quantitative estimate of drug-likeness (QED) is 0.0478. The number of carbonyl (C=O) groups excluding carboxylic acids is 12. The van der Waals surface area contributed by atoms with Crippen LogP contribution in [0.15, 0.2) is 121 Å². The normalized spacial score (nSPS) is 24.1. The van der Waals surface area contributed by atoms with E-state index in [1.807, 2.05) is 88.4 Å². The summed E-state index contributed by atoms with van der Waals surface area (Å²) in [6.45, 7) is 13.6. The summed E-state index contributed by atoms with van der Waals surface area (Å²) in [6, 6.07) is 18.0. The largest absolute Gasteiger partial charge is 0.350 e. The zero-order valence-electron chi connectivity index (χ0n) is 64.0. The Balaban J connectivity index is 0.00000784. The lowest BCUT2D eigenvalue weighted by atomic mass is 9.98. The maximum Gasteiger partial charge on any atom is 0.246 e. The molecule has 4 aromatic rings. The summed E-state index contributed by atoms with van der Waals surface area (Å²) in [5.41, 5.74) is 27.8. The van der Waals surface area contributed by atoms with Crippen LogP contribution in [0, 0.1) is 23.7 Å². The third-order valence-corrected chi connectivity index (χ3v) is 19.4. The molecule has 0 saturated carbocycles. The van der Waals surface area contributed by atoms with Gasteiger partial charge in [0.2, 0.25) is 70.9 Å². The fraction of sp³-hybridized carbons (Fsp3) is 0.538. The van der Waals surface area contributed by atoms with Crippen LogP contribution in [0.1, 0.15) is 129 Å². The summed E-state index contributed by atoms with van der Waals surface area (Å²) < 4.78 is 0. The number of benzene rings is 4. The number of fused-ring (bicyclic) bond motifs is 2. The smallest absolute Gasteiger partial charge is 0.246 e. The molecule has 608 valence electrons. The first-order valence-electron chi connectivity index (χ1n) is 37.3.